The van der Waals surface area contributed by atoms with E-state index >= 15 is 0 Å². The second kappa shape index (κ2) is 7.53. The summed E-state index contributed by atoms with van der Waals surface area (Å²) in [7, 11) is 0. The van der Waals surface area contributed by atoms with Crippen molar-refractivity contribution in [2.24, 2.45) is 5.41 Å². The Labute approximate surface area is 167 Å². The zero-order valence-corrected chi connectivity index (χ0v) is 17.2. The number of carbonyl (C=O) groups is 1. The Morgan fingerprint density at radius 3 is 2.39 bits per heavy atom. The molecule has 0 unspecified atom stereocenters. The maximum absolute atomic E-state index is 12.6. The molecule has 2 heterocycles. The van der Waals surface area contributed by atoms with Crippen LogP contribution in [0.1, 0.15) is 44.9 Å². The van der Waals surface area contributed by atoms with Crippen molar-refractivity contribution in [1.29, 1.82) is 0 Å². The number of amides is 1. The highest BCUT2D eigenvalue weighted by Crippen LogP contribution is 2.32. The van der Waals surface area contributed by atoms with E-state index in [0.29, 0.717) is 6.42 Å². The van der Waals surface area contributed by atoms with E-state index < -0.39 is 0 Å². The molecule has 1 amide bonds. The number of hydrogen-bond donors (Lipinski definition) is 0. The minimum absolute atomic E-state index is 0.0340. The number of hydrogen-bond acceptors (Lipinski definition) is 4. The van der Waals surface area contributed by atoms with Crippen LogP contribution in [0.3, 0.4) is 0 Å². The Kier molecular flexibility index (Phi) is 5.09. The zero-order chi connectivity index (χ0) is 19.7. The van der Waals surface area contributed by atoms with Gasteiger partial charge in [-0.2, -0.15) is 0 Å². The lowest BCUT2D eigenvalue weighted by molar-refractivity contribution is -0.133. The average molecular weight is 379 g/mol. The topological polar surface area (TPSA) is 49.3 Å². The molecule has 148 valence electrons. The smallest absolute Gasteiger partial charge is 0.223 e. The van der Waals surface area contributed by atoms with Crippen LogP contribution in [0.25, 0.3) is 11.4 Å². The molecule has 4 rings (SSSR count). The Morgan fingerprint density at radius 2 is 1.71 bits per heavy atom. The molecule has 1 saturated heterocycles. The van der Waals surface area contributed by atoms with E-state index in [-0.39, 0.29) is 11.3 Å². The van der Waals surface area contributed by atoms with Crippen molar-refractivity contribution in [2.45, 2.75) is 46.5 Å². The van der Waals surface area contributed by atoms with Gasteiger partial charge in [0.2, 0.25) is 5.91 Å². The van der Waals surface area contributed by atoms with Gasteiger partial charge in [-0.25, -0.2) is 9.97 Å². The van der Waals surface area contributed by atoms with Crippen LogP contribution in [0.5, 0.6) is 0 Å². The molecule has 0 bridgehead atoms. The maximum atomic E-state index is 12.6. The largest absolute Gasteiger partial charge is 0.353 e. The third kappa shape index (κ3) is 4.03. The number of carbonyl (C=O) groups excluding carboxylic acids is 1. The molecule has 0 radical (unpaired) electrons. The van der Waals surface area contributed by atoms with Crippen LogP contribution in [0, 0.1) is 5.41 Å². The first-order chi connectivity index (χ1) is 13.4. The Morgan fingerprint density at radius 1 is 1.00 bits per heavy atom. The summed E-state index contributed by atoms with van der Waals surface area (Å²) in [5.74, 6) is 2.18. The van der Waals surface area contributed by atoms with Crippen LogP contribution >= 0.6 is 0 Å². The van der Waals surface area contributed by atoms with Crippen LogP contribution in [0.15, 0.2) is 30.3 Å². The number of aryl methyl sites for hydroxylation is 1. The van der Waals surface area contributed by atoms with Gasteiger partial charge < -0.3 is 9.80 Å². The molecule has 0 spiro atoms. The minimum Gasteiger partial charge on any atom is -0.353 e. The van der Waals surface area contributed by atoms with Crippen molar-refractivity contribution in [3.8, 4) is 11.4 Å². The fourth-order valence-corrected chi connectivity index (χ4v) is 4.12. The average Bonchev–Trinajstić information content (AvgIpc) is 3.15. The van der Waals surface area contributed by atoms with Gasteiger partial charge >= 0.3 is 0 Å². The summed E-state index contributed by atoms with van der Waals surface area (Å²) in [5.41, 5.74) is 3.62. The Bertz CT molecular complexity index is 849. The quantitative estimate of drug-likeness (QED) is 0.817. The molecule has 1 aromatic carbocycles. The van der Waals surface area contributed by atoms with Gasteiger partial charge in [0.25, 0.3) is 0 Å². The van der Waals surface area contributed by atoms with Gasteiger partial charge in [0.05, 0.1) is 0 Å². The maximum Gasteiger partial charge on any atom is 0.223 e. The molecular weight excluding hydrogens is 348 g/mol. The summed E-state index contributed by atoms with van der Waals surface area (Å²) in [6.45, 7) is 9.59. The van der Waals surface area contributed by atoms with Crippen LogP contribution < -0.4 is 4.90 Å². The molecule has 1 aromatic heterocycles. The molecule has 5 heteroatoms. The van der Waals surface area contributed by atoms with Crippen molar-refractivity contribution < 1.29 is 4.79 Å². The highest BCUT2D eigenvalue weighted by molar-refractivity contribution is 5.77. The van der Waals surface area contributed by atoms with E-state index in [9.17, 15) is 4.79 Å². The summed E-state index contributed by atoms with van der Waals surface area (Å²) in [4.78, 5) is 26.8. The molecule has 0 N–H and O–H groups in total. The molecule has 28 heavy (non-hydrogen) atoms. The first-order valence-corrected chi connectivity index (χ1v) is 10.4. The SMILES string of the molecule is CC(C)(C)CC(=O)N1CCN(c2nc(-c3ccccc3)nc3c2CCC3)CC1. The molecule has 0 saturated carbocycles. The molecule has 1 aliphatic heterocycles. The fraction of sp³-hybridized carbons (Fsp3) is 0.522. The predicted octanol–water partition coefficient (Wildman–Crippen LogP) is 3.72. The normalized spacial score (nSPS) is 17.0. The lowest BCUT2D eigenvalue weighted by Crippen LogP contribution is -2.49. The predicted molar refractivity (Wildman–Crippen MR) is 112 cm³/mol. The van der Waals surface area contributed by atoms with Crippen LogP contribution in [-0.2, 0) is 17.6 Å². The van der Waals surface area contributed by atoms with E-state index in [2.05, 4.69) is 37.8 Å². The standard InChI is InChI=1S/C23H30N4O/c1-23(2,3)16-20(28)26-12-14-27(15-13-26)22-18-10-7-11-19(18)24-21(25-22)17-8-5-4-6-9-17/h4-6,8-9H,7,10-16H2,1-3H3. The zero-order valence-electron chi connectivity index (χ0n) is 17.2. The molecule has 1 aliphatic carbocycles. The second-order valence-electron chi connectivity index (χ2n) is 9.12. The van der Waals surface area contributed by atoms with Crippen LogP contribution in [0.2, 0.25) is 0 Å². The van der Waals surface area contributed by atoms with Gasteiger partial charge in [0, 0.05) is 49.4 Å². The van der Waals surface area contributed by atoms with Crippen molar-refractivity contribution in [1.82, 2.24) is 14.9 Å². The van der Waals surface area contributed by atoms with Crippen molar-refractivity contribution in [3.05, 3.63) is 41.6 Å². The molecular formula is C23H30N4O. The number of fused-ring (bicyclic) bond motifs is 1. The highest BCUT2D eigenvalue weighted by Gasteiger charge is 2.28. The van der Waals surface area contributed by atoms with E-state index in [0.717, 1.165) is 62.6 Å². The summed E-state index contributed by atoms with van der Waals surface area (Å²) in [5, 5.41) is 0. The third-order valence-corrected chi connectivity index (χ3v) is 5.56. The summed E-state index contributed by atoms with van der Waals surface area (Å²) < 4.78 is 0. The second-order valence-corrected chi connectivity index (χ2v) is 9.12. The van der Waals surface area contributed by atoms with E-state index in [1.165, 1.54) is 11.3 Å². The van der Waals surface area contributed by atoms with Crippen LogP contribution in [0.4, 0.5) is 5.82 Å². The van der Waals surface area contributed by atoms with Gasteiger partial charge in [0.15, 0.2) is 5.82 Å². The van der Waals surface area contributed by atoms with Gasteiger partial charge in [0.1, 0.15) is 5.82 Å². The monoisotopic (exact) mass is 378 g/mol. The summed E-state index contributed by atoms with van der Waals surface area (Å²) >= 11 is 0. The van der Waals surface area contributed by atoms with Crippen LogP contribution in [-0.4, -0.2) is 47.0 Å². The summed E-state index contributed by atoms with van der Waals surface area (Å²) in [6.07, 6.45) is 3.85. The molecule has 0 atom stereocenters. The number of aromatic nitrogens is 2. The summed E-state index contributed by atoms with van der Waals surface area (Å²) in [6, 6.07) is 10.2. The van der Waals surface area contributed by atoms with Gasteiger partial charge in [-0.05, 0) is 24.7 Å². The number of rotatable bonds is 3. The van der Waals surface area contributed by atoms with Crippen molar-refractivity contribution in [3.63, 3.8) is 0 Å². The Hall–Kier alpha value is -2.43. The molecule has 2 aromatic rings. The number of nitrogens with zero attached hydrogens (tertiary/aromatic N) is 4. The van der Waals surface area contributed by atoms with Gasteiger partial charge in [-0.1, -0.05) is 51.1 Å². The number of piperazine rings is 1. The fourth-order valence-electron chi connectivity index (χ4n) is 4.12. The number of benzene rings is 1. The van der Waals surface area contributed by atoms with Gasteiger partial charge in [-0.15, -0.1) is 0 Å². The third-order valence-electron chi connectivity index (χ3n) is 5.56. The van der Waals surface area contributed by atoms with Crippen molar-refractivity contribution >= 4 is 11.7 Å². The van der Waals surface area contributed by atoms with Crippen molar-refractivity contribution in [2.75, 3.05) is 31.1 Å². The minimum atomic E-state index is 0.0340. The Balaban J connectivity index is 1.54. The van der Waals surface area contributed by atoms with Gasteiger partial charge in [-0.3, -0.25) is 4.79 Å². The molecule has 2 aliphatic rings. The molecule has 1 fully saturated rings. The highest BCUT2D eigenvalue weighted by atomic mass is 16.2. The molecule has 5 nitrogen and oxygen atoms in total. The number of anilines is 1. The first kappa shape index (κ1) is 18.9. The van der Waals surface area contributed by atoms with E-state index in [1.807, 2.05) is 23.1 Å². The first-order valence-electron chi connectivity index (χ1n) is 10.4. The lowest BCUT2D eigenvalue weighted by atomic mass is 9.91. The lowest BCUT2D eigenvalue weighted by Gasteiger charge is -2.37. The van der Waals surface area contributed by atoms with E-state index in [4.69, 9.17) is 9.97 Å². The van der Waals surface area contributed by atoms with E-state index in [1.54, 1.807) is 0 Å².